The summed E-state index contributed by atoms with van der Waals surface area (Å²) in [7, 11) is 0. The van der Waals surface area contributed by atoms with Crippen LogP contribution in [0.4, 0.5) is 5.69 Å². The number of rotatable bonds is 5. The molecule has 1 aromatic carbocycles. The van der Waals surface area contributed by atoms with Gasteiger partial charge in [0.25, 0.3) is 5.69 Å². The van der Waals surface area contributed by atoms with Gasteiger partial charge in [0, 0.05) is 17.9 Å². The maximum atomic E-state index is 10.6. The van der Waals surface area contributed by atoms with Crippen molar-refractivity contribution in [3.63, 3.8) is 0 Å². The van der Waals surface area contributed by atoms with Crippen LogP contribution in [0.3, 0.4) is 0 Å². The molecule has 0 saturated heterocycles. The number of nitro groups is 1. The van der Waals surface area contributed by atoms with Gasteiger partial charge >= 0.3 is 5.97 Å². The van der Waals surface area contributed by atoms with Crippen LogP contribution >= 0.6 is 11.8 Å². The zero-order valence-corrected chi connectivity index (χ0v) is 11.6. The topological polar surface area (TPSA) is 131 Å². The molecule has 1 heterocycles. The Kier molecular flexibility index (Phi) is 4.66. The zero-order valence-electron chi connectivity index (χ0n) is 10.8. The van der Waals surface area contributed by atoms with Gasteiger partial charge in [0.15, 0.2) is 0 Å². The number of nitrogens with two attached hydrogens (primary N) is 1. The number of aliphatic carboxylic acids is 1. The van der Waals surface area contributed by atoms with Gasteiger partial charge in [0.2, 0.25) is 0 Å². The number of carboxylic acid groups (broad SMARTS) is 1. The Labute approximate surface area is 123 Å². The number of carboxylic acids is 1. The zero-order chi connectivity index (χ0) is 15.4. The average Bonchev–Trinajstić information content (AvgIpc) is 2.47. The fourth-order valence-corrected chi connectivity index (χ4v) is 2.59. The van der Waals surface area contributed by atoms with Gasteiger partial charge in [-0.2, -0.15) is 5.10 Å². The monoisotopic (exact) mass is 308 g/mol. The van der Waals surface area contributed by atoms with Crippen LogP contribution in [-0.4, -0.2) is 38.5 Å². The van der Waals surface area contributed by atoms with Crippen molar-refractivity contribution in [2.45, 2.75) is 12.5 Å². The molecule has 0 fully saturated rings. The molecule has 0 saturated carbocycles. The summed E-state index contributed by atoms with van der Waals surface area (Å²) in [5, 5.41) is 27.7. The first kappa shape index (κ1) is 15.1. The number of carbonyl (C=O) groups is 1. The molecule has 110 valence electrons. The van der Waals surface area contributed by atoms with Crippen LogP contribution in [0.5, 0.6) is 0 Å². The van der Waals surface area contributed by atoms with Crippen molar-refractivity contribution in [3.8, 4) is 0 Å². The molecule has 2 rings (SSSR count). The Balaban J connectivity index is 2.12. The van der Waals surface area contributed by atoms with Gasteiger partial charge in [0.05, 0.1) is 23.1 Å². The van der Waals surface area contributed by atoms with Crippen molar-refractivity contribution in [3.05, 3.63) is 39.9 Å². The number of benzene rings is 1. The smallest absolute Gasteiger partial charge is 0.305 e. The minimum Gasteiger partial charge on any atom is -0.481 e. The summed E-state index contributed by atoms with van der Waals surface area (Å²) >= 11 is 1.32. The standard InChI is InChI=1S/C12H12N4O4S/c13-9(5-11(17)18)12-15-14-10(6-21-12)7-1-3-8(4-2-7)16(19)20/h1-4,9H,5-6,13H2,(H,17,18). The molecule has 0 bridgehead atoms. The van der Waals surface area contributed by atoms with E-state index in [1.807, 2.05) is 0 Å². The van der Waals surface area contributed by atoms with Crippen LogP contribution in [0.2, 0.25) is 0 Å². The average molecular weight is 308 g/mol. The molecular formula is C12H12N4O4S. The van der Waals surface area contributed by atoms with E-state index in [0.29, 0.717) is 16.5 Å². The molecule has 0 aliphatic carbocycles. The largest absolute Gasteiger partial charge is 0.481 e. The van der Waals surface area contributed by atoms with Gasteiger partial charge < -0.3 is 10.8 Å². The lowest BCUT2D eigenvalue weighted by Crippen LogP contribution is -2.32. The first-order chi connectivity index (χ1) is 9.97. The van der Waals surface area contributed by atoms with Crippen molar-refractivity contribution in [1.29, 1.82) is 0 Å². The van der Waals surface area contributed by atoms with E-state index in [0.717, 1.165) is 5.56 Å². The van der Waals surface area contributed by atoms with E-state index < -0.39 is 16.9 Å². The molecular weight excluding hydrogens is 296 g/mol. The Morgan fingerprint density at radius 3 is 2.57 bits per heavy atom. The van der Waals surface area contributed by atoms with Gasteiger partial charge in [0.1, 0.15) is 5.04 Å². The first-order valence-corrected chi connectivity index (χ1v) is 6.95. The van der Waals surface area contributed by atoms with Crippen LogP contribution in [0.25, 0.3) is 0 Å². The van der Waals surface area contributed by atoms with E-state index in [-0.39, 0.29) is 12.1 Å². The third kappa shape index (κ3) is 3.86. The highest BCUT2D eigenvalue weighted by Crippen LogP contribution is 2.20. The summed E-state index contributed by atoms with van der Waals surface area (Å²) < 4.78 is 0. The predicted molar refractivity (Wildman–Crippen MR) is 79.8 cm³/mol. The number of nitro benzene ring substituents is 1. The van der Waals surface area contributed by atoms with E-state index in [2.05, 4.69) is 10.2 Å². The van der Waals surface area contributed by atoms with Gasteiger partial charge in [-0.1, -0.05) is 0 Å². The minimum atomic E-state index is -0.990. The predicted octanol–water partition coefficient (Wildman–Crippen LogP) is 1.25. The Hall–Kier alpha value is -2.26. The molecule has 21 heavy (non-hydrogen) atoms. The lowest BCUT2D eigenvalue weighted by molar-refractivity contribution is -0.384. The molecule has 0 radical (unpaired) electrons. The molecule has 0 amide bonds. The normalized spacial score (nSPS) is 15.9. The summed E-state index contributed by atoms with van der Waals surface area (Å²) in [6.07, 6.45) is -0.200. The van der Waals surface area contributed by atoms with Crippen LogP contribution < -0.4 is 5.73 Å². The molecule has 1 atom stereocenters. The van der Waals surface area contributed by atoms with Crippen molar-refractivity contribution in [2.24, 2.45) is 15.9 Å². The number of non-ortho nitro benzene ring substituents is 1. The number of hydrogen-bond acceptors (Lipinski definition) is 7. The van der Waals surface area contributed by atoms with Gasteiger partial charge in [-0.15, -0.1) is 16.9 Å². The third-order valence-corrected chi connectivity index (χ3v) is 3.85. The molecule has 0 aromatic heterocycles. The first-order valence-electron chi connectivity index (χ1n) is 5.97. The summed E-state index contributed by atoms with van der Waals surface area (Å²) in [6.45, 7) is 0. The summed E-state index contributed by atoms with van der Waals surface area (Å²) in [4.78, 5) is 20.7. The molecule has 9 heteroatoms. The highest BCUT2D eigenvalue weighted by Gasteiger charge is 2.20. The fourth-order valence-electron chi connectivity index (χ4n) is 1.68. The number of hydrogen-bond donors (Lipinski definition) is 2. The maximum absolute atomic E-state index is 10.6. The van der Waals surface area contributed by atoms with E-state index in [1.54, 1.807) is 12.1 Å². The Morgan fingerprint density at radius 1 is 1.43 bits per heavy atom. The van der Waals surface area contributed by atoms with E-state index in [9.17, 15) is 14.9 Å². The van der Waals surface area contributed by atoms with Crippen molar-refractivity contribution in [1.82, 2.24) is 0 Å². The molecule has 1 aliphatic rings. The van der Waals surface area contributed by atoms with Gasteiger partial charge in [-0.05, 0) is 17.7 Å². The quantitative estimate of drug-likeness (QED) is 0.621. The molecule has 8 nitrogen and oxygen atoms in total. The Morgan fingerprint density at radius 2 is 2.10 bits per heavy atom. The molecule has 3 N–H and O–H groups in total. The van der Waals surface area contributed by atoms with E-state index >= 15 is 0 Å². The van der Waals surface area contributed by atoms with Gasteiger partial charge in [-0.25, -0.2) is 0 Å². The van der Waals surface area contributed by atoms with Gasteiger partial charge in [-0.3, -0.25) is 14.9 Å². The Bertz CT molecular complexity index is 627. The van der Waals surface area contributed by atoms with Crippen molar-refractivity contribution < 1.29 is 14.8 Å². The summed E-state index contributed by atoms with van der Waals surface area (Å²) in [6, 6.07) is 5.34. The highest BCUT2D eigenvalue weighted by atomic mass is 32.2. The van der Waals surface area contributed by atoms with E-state index in [1.165, 1.54) is 23.9 Å². The maximum Gasteiger partial charge on any atom is 0.305 e. The van der Waals surface area contributed by atoms with Crippen molar-refractivity contribution in [2.75, 3.05) is 5.75 Å². The van der Waals surface area contributed by atoms with E-state index in [4.69, 9.17) is 10.8 Å². The SMILES string of the molecule is NC(CC(=O)O)C1=NN=C(c2ccc([N+](=O)[O-])cc2)CS1. The molecule has 1 unspecified atom stereocenters. The number of thioether (sulfide) groups is 1. The van der Waals surface area contributed by atoms with Crippen LogP contribution in [0.15, 0.2) is 34.5 Å². The second-order valence-corrected chi connectivity index (χ2v) is 5.28. The summed E-state index contributed by atoms with van der Waals surface area (Å²) in [5.41, 5.74) is 7.13. The number of nitrogens with zero attached hydrogens (tertiary/aromatic N) is 3. The van der Waals surface area contributed by atoms with Crippen LogP contribution in [0, 0.1) is 10.1 Å². The highest BCUT2D eigenvalue weighted by molar-refractivity contribution is 8.14. The summed E-state index contributed by atoms with van der Waals surface area (Å²) in [5.74, 6) is -0.500. The molecule has 1 aromatic rings. The molecule has 0 spiro atoms. The third-order valence-electron chi connectivity index (χ3n) is 2.75. The second kappa shape index (κ2) is 6.46. The lowest BCUT2D eigenvalue weighted by Gasteiger charge is -2.15. The fraction of sp³-hybridized carbons (Fsp3) is 0.250. The van der Waals surface area contributed by atoms with Crippen molar-refractivity contribution >= 4 is 34.2 Å². The molecule has 1 aliphatic heterocycles. The second-order valence-electron chi connectivity index (χ2n) is 4.28. The van der Waals surface area contributed by atoms with Crippen LogP contribution in [0.1, 0.15) is 12.0 Å². The lowest BCUT2D eigenvalue weighted by atomic mass is 10.1. The van der Waals surface area contributed by atoms with Crippen LogP contribution in [-0.2, 0) is 4.79 Å². The minimum absolute atomic E-state index is 0.00971.